The highest BCUT2D eigenvalue weighted by Gasteiger charge is 2.09. The maximum atomic E-state index is 12.1. The number of carbonyl (C=O) groups is 1. The molecule has 1 heterocycles. The van der Waals surface area contributed by atoms with Crippen LogP contribution in [-0.2, 0) is 11.2 Å². The fraction of sp³-hybridized carbons (Fsp3) is 0.118. The van der Waals surface area contributed by atoms with Crippen molar-refractivity contribution in [2.24, 2.45) is 0 Å². The molecule has 6 heteroatoms. The number of aromatic nitrogens is 2. The molecular formula is C17H15N3O3. The van der Waals surface area contributed by atoms with E-state index < -0.39 is 5.56 Å². The van der Waals surface area contributed by atoms with E-state index in [1.54, 1.807) is 43.5 Å². The molecule has 3 aromatic rings. The van der Waals surface area contributed by atoms with Gasteiger partial charge in [-0.3, -0.25) is 9.59 Å². The first-order valence-corrected chi connectivity index (χ1v) is 7.07. The largest absolute Gasteiger partial charge is 0.497 e. The van der Waals surface area contributed by atoms with Crippen molar-refractivity contribution in [2.45, 2.75) is 6.42 Å². The zero-order valence-electron chi connectivity index (χ0n) is 12.5. The van der Waals surface area contributed by atoms with Crippen molar-refractivity contribution in [1.82, 2.24) is 9.97 Å². The van der Waals surface area contributed by atoms with Gasteiger partial charge < -0.3 is 15.0 Å². The van der Waals surface area contributed by atoms with Gasteiger partial charge in [0.1, 0.15) is 5.75 Å². The second kappa shape index (κ2) is 6.31. The molecule has 23 heavy (non-hydrogen) atoms. The summed E-state index contributed by atoms with van der Waals surface area (Å²) >= 11 is 0. The Bertz CT molecular complexity index is 901. The zero-order chi connectivity index (χ0) is 16.2. The van der Waals surface area contributed by atoms with Crippen LogP contribution < -0.4 is 15.6 Å². The summed E-state index contributed by atoms with van der Waals surface area (Å²) < 4.78 is 5.07. The molecule has 0 fully saturated rings. The Morgan fingerprint density at radius 2 is 1.91 bits per heavy atom. The Morgan fingerprint density at radius 3 is 2.65 bits per heavy atom. The fourth-order valence-electron chi connectivity index (χ4n) is 2.22. The molecule has 0 aliphatic heterocycles. The van der Waals surface area contributed by atoms with Gasteiger partial charge >= 0.3 is 0 Å². The summed E-state index contributed by atoms with van der Waals surface area (Å²) in [6.07, 6.45) is 0.151. The molecule has 0 aliphatic rings. The van der Waals surface area contributed by atoms with E-state index in [2.05, 4.69) is 15.3 Å². The van der Waals surface area contributed by atoms with E-state index in [1.165, 1.54) is 0 Å². The van der Waals surface area contributed by atoms with Crippen molar-refractivity contribution < 1.29 is 9.53 Å². The standard InChI is InChI=1S/C17H15N3O3/c1-23-12-8-6-11(7-9-12)10-15(21)20-16-17(22)19-14-5-3-2-4-13(14)18-16/h2-9H,10H2,1H3,(H,19,22)(H,18,20,21). The minimum atomic E-state index is -0.424. The first-order valence-electron chi connectivity index (χ1n) is 7.07. The quantitative estimate of drug-likeness (QED) is 0.773. The van der Waals surface area contributed by atoms with Gasteiger partial charge in [-0.1, -0.05) is 24.3 Å². The van der Waals surface area contributed by atoms with Crippen LogP contribution in [0.1, 0.15) is 5.56 Å². The second-order valence-electron chi connectivity index (χ2n) is 5.00. The van der Waals surface area contributed by atoms with Crippen molar-refractivity contribution in [3.63, 3.8) is 0 Å². The van der Waals surface area contributed by atoms with Crippen LogP contribution in [0.4, 0.5) is 5.82 Å². The van der Waals surface area contributed by atoms with Crippen LogP contribution in [0.3, 0.4) is 0 Å². The highest BCUT2D eigenvalue weighted by molar-refractivity contribution is 5.92. The zero-order valence-corrected chi connectivity index (χ0v) is 12.5. The normalized spacial score (nSPS) is 10.5. The van der Waals surface area contributed by atoms with Crippen LogP contribution in [0.5, 0.6) is 5.75 Å². The number of hydrogen-bond donors (Lipinski definition) is 2. The molecule has 0 atom stereocenters. The van der Waals surface area contributed by atoms with Gasteiger partial charge in [0, 0.05) is 0 Å². The number of methoxy groups -OCH3 is 1. The fourth-order valence-corrected chi connectivity index (χ4v) is 2.22. The number of para-hydroxylation sites is 2. The number of anilines is 1. The molecule has 0 unspecified atom stereocenters. The van der Waals surface area contributed by atoms with E-state index >= 15 is 0 Å². The summed E-state index contributed by atoms with van der Waals surface area (Å²) in [5.74, 6) is 0.424. The van der Waals surface area contributed by atoms with Crippen LogP contribution in [0.25, 0.3) is 11.0 Å². The molecule has 0 aliphatic carbocycles. The maximum absolute atomic E-state index is 12.1. The first-order chi connectivity index (χ1) is 11.2. The van der Waals surface area contributed by atoms with Crippen LogP contribution in [0, 0.1) is 0 Å². The molecular weight excluding hydrogens is 294 g/mol. The van der Waals surface area contributed by atoms with Crippen LogP contribution >= 0.6 is 0 Å². The van der Waals surface area contributed by atoms with Crippen molar-refractivity contribution >= 4 is 22.8 Å². The lowest BCUT2D eigenvalue weighted by Crippen LogP contribution is -2.22. The van der Waals surface area contributed by atoms with Gasteiger partial charge in [-0.15, -0.1) is 0 Å². The van der Waals surface area contributed by atoms with Gasteiger partial charge in [0.25, 0.3) is 5.56 Å². The van der Waals surface area contributed by atoms with Crippen molar-refractivity contribution in [2.75, 3.05) is 12.4 Å². The number of ether oxygens (including phenoxy) is 1. The molecule has 1 amide bonds. The molecule has 0 radical (unpaired) electrons. The summed E-state index contributed by atoms with van der Waals surface area (Å²) in [5.41, 5.74) is 1.64. The number of rotatable bonds is 4. The lowest BCUT2D eigenvalue weighted by molar-refractivity contribution is -0.115. The average Bonchev–Trinajstić information content (AvgIpc) is 2.56. The van der Waals surface area contributed by atoms with Crippen molar-refractivity contribution in [1.29, 1.82) is 0 Å². The Kier molecular flexibility index (Phi) is 4.05. The number of carbonyl (C=O) groups excluding carboxylic acids is 1. The molecule has 0 saturated heterocycles. The number of fused-ring (bicyclic) bond motifs is 1. The Balaban J connectivity index is 1.76. The summed E-state index contributed by atoms with van der Waals surface area (Å²) in [5, 5.41) is 2.55. The van der Waals surface area contributed by atoms with E-state index in [9.17, 15) is 9.59 Å². The predicted octanol–water partition coefficient (Wildman–Crippen LogP) is 2.11. The number of hydrogen-bond acceptors (Lipinski definition) is 4. The van der Waals surface area contributed by atoms with E-state index in [0.717, 1.165) is 11.3 Å². The van der Waals surface area contributed by atoms with E-state index in [-0.39, 0.29) is 18.1 Å². The Labute approximate surface area is 132 Å². The number of nitrogens with one attached hydrogen (secondary N) is 2. The van der Waals surface area contributed by atoms with Crippen molar-refractivity contribution in [3.8, 4) is 5.75 Å². The summed E-state index contributed by atoms with van der Waals surface area (Å²) in [6.45, 7) is 0. The molecule has 0 bridgehead atoms. The molecule has 6 nitrogen and oxygen atoms in total. The minimum Gasteiger partial charge on any atom is -0.497 e. The highest BCUT2D eigenvalue weighted by atomic mass is 16.5. The lowest BCUT2D eigenvalue weighted by Gasteiger charge is -2.06. The molecule has 0 saturated carbocycles. The summed E-state index contributed by atoms with van der Waals surface area (Å²) in [6, 6.07) is 14.3. The van der Waals surface area contributed by atoms with Gasteiger partial charge in [-0.05, 0) is 29.8 Å². The second-order valence-corrected chi connectivity index (χ2v) is 5.00. The third kappa shape index (κ3) is 3.37. The SMILES string of the molecule is COc1ccc(CC(=O)Nc2nc3ccccc3[nH]c2=O)cc1. The number of aromatic amines is 1. The molecule has 2 aromatic carbocycles. The summed E-state index contributed by atoms with van der Waals surface area (Å²) in [4.78, 5) is 30.9. The third-order valence-corrected chi connectivity index (χ3v) is 3.38. The lowest BCUT2D eigenvalue weighted by atomic mass is 10.1. The average molecular weight is 309 g/mol. The smallest absolute Gasteiger partial charge is 0.291 e. The number of nitrogens with zero attached hydrogens (tertiary/aromatic N) is 1. The van der Waals surface area contributed by atoms with Gasteiger partial charge in [-0.25, -0.2) is 4.98 Å². The van der Waals surface area contributed by atoms with Gasteiger partial charge in [-0.2, -0.15) is 0 Å². The van der Waals surface area contributed by atoms with E-state index in [1.807, 2.05) is 12.1 Å². The van der Waals surface area contributed by atoms with Crippen LogP contribution in [0.15, 0.2) is 53.3 Å². The Hall–Kier alpha value is -3.15. The molecule has 0 spiro atoms. The topological polar surface area (TPSA) is 84.1 Å². The number of benzene rings is 2. The maximum Gasteiger partial charge on any atom is 0.291 e. The monoisotopic (exact) mass is 309 g/mol. The molecule has 1 aromatic heterocycles. The molecule has 116 valence electrons. The van der Waals surface area contributed by atoms with E-state index in [0.29, 0.717) is 11.0 Å². The van der Waals surface area contributed by atoms with Gasteiger partial charge in [0.05, 0.1) is 24.6 Å². The van der Waals surface area contributed by atoms with Gasteiger partial charge in [0.2, 0.25) is 5.91 Å². The summed E-state index contributed by atoms with van der Waals surface area (Å²) in [7, 11) is 1.58. The van der Waals surface area contributed by atoms with Gasteiger partial charge in [0.15, 0.2) is 5.82 Å². The molecule has 3 rings (SSSR count). The highest BCUT2D eigenvalue weighted by Crippen LogP contribution is 2.12. The van der Waals surface area contributed by atoms with Crippen LogP contribution in [-0.4, -0.2) is 23.0 Å². The Morgan fingerprint density at radius 1 is 1.17 bits per heavy atom. The van der Waals surface area contributed by atoms with Crippen LogP contribution in [0.2, 0.25) is 0 Å². The van der Waals surface area contributed by atoms with E-state index in [4.69, 9.17) is 4.74 Å². The number of H-pyrrole nitrogens is 1. The first kappa shape index (κ1) is 14.8. The molecule has 2 N–H and O–H groups in total. The van der Waals surface area contributed by atoms with Crippen molar-refractivity contribution in [3.05, 3.63) is 64.4 Å². The minimum absolute atomic E-state index is 0.00205. The number of amides is 1. The third-order valence-electron chi connectivity index (χ3n) is 3.38. The predicted molar refractivity (Wildman–Crippen MR) is 87.7 cm³/mol.